The number of hydrogen-bond donors (Lipinski definition) is 1. The summed E-state index contributed by atoms with van der Waals surface area (Å²) in [6.07, 6.45) is 0.881. The SMILES string of the molecule is [NH2][Sn][CH2]C=O. The van der Waals surface area contributed by atoms with E-state index in [2.05, 4.69) is 0 Å². The molecule has 0 aliphatic heterocycles. The fourth-order valence-electron chi connectivity index (χ4n) is 0.0481. The van der Waals surface area contributed by atoms with Crippen LogP contribution in [0.2, 0.25) is 4.44 Å². The van der Waals surface area contributed by atoms with E-state index < -0.39 is 21.4 Å². The van der Waals surface area contributed by atoms with Crippen LogP contribution in [0.1, 0.15) is 0 Å². The van der Waals surface area contributed by atoms with E-state index in [0.29, 0.717) is 4.44 Å². The molecule has 0 rings (SSSR count). The molecule has 0 aromatic heterocycles. The van der Waals surface area contributed by atoms with Gasteiger partial charge in [-0.1, -0.05) is 0 Å². The Kier molecular flexibility index (Phi) is 4.81. The summed E-state index contributed by atoms with van der Waals surface area (Å²) in [6.45, 7) is 0. The van der Waals surface area contributed by atoms with Crippen LogP contribution < -0.4 is 3.96 Å². The normalized spacial score (nSPS) is 7.40. The van der Waals surface area contributed by atoms with Gasteiger partial charge in [-0.3, -0.25) is 0 Å². The summed E-state index contributed by atoms with van der Waals surface area (Å²) in [7, 11) is 0. The van der Waals surface area contributed by atoms with Gasteiger partial charge in [0, 0.05) is 0 Å². The molecule has 0 saturated heterocycles. The third kappa shape index (κ3) is 4.43. The Hall–Kier alpha value is 0.429. The Bertz CT molecular complexity index is 30.8. The molecule has 3 heteroatoms. The molecule has 0 bridgehead atoms. The van der Waals surface area contributed by atoms with E-state index in [1.54, 1.807) is 0 Å². The van der Waals surface area contributed by atoms with Crippen LogP contribution in [0.15, 0.2) is 0 Å². The molecule has 0 spiro atoms. The Balaban J connectivity index is 2.40. The summed E-state index contributed by atoms with van der Waals surface area (Å²) < 4.78 is 5.73. The molecular formula is C2H5NOSn. The predicted octanol–water partition coefficient (Wildman–Crippen LogP) is -0.819. The molecule has 0 unspecified atom stereocenters. The molecule has 0 fully saturated rings. The Morgan fingerprint density at radius 2 is 2.60 bits per heavy atom. The van der Waals surface area contributed by atoms with Crippen LogP contribution >= 0.6 is 0 Å². The van der Waals surface area contributed by atoms with Gasteiger partial charge in [-0.05, 0) is 0 Å². The zero-order valence-corrected chi connectivity index (χ0v) is 5.62. The van der Waals surface area contributed by atoms with Gasteiger partial charge in [0.2, 0.25) is 0 Å². The van der Waals surface area contributed by atoms with E-state index in [1.165, 1.54) is 0 Å². The summed E-state index contributed by atoms with van der Waals surface area (Å²) in [5.74, 6) is 0. The number of hydrogen-bond acceptors (Lipinski definition) is 2. The zero-order chi connectivity index (χ0) is 4.12. The molecule has 28 valence electrons. The van der Waals surface area contributed by atoms with E-state index in [-0.39, 0.29) is 0 Å². The average Bonchev–Trinajstić information content (AvgIpc) is 1.41. The standard InChI is InChI=1S/C2H3O.H2N.Sn/c1-2-3;;/h2H,1H2;1H2;/q;-1;+1. The molecule has 0 saturated carbocycles. The van der Waals surface area contributed by atoms with Crippen LogP contribution in [0, 0.1) is 0 Å². The van der Waals surface area contributed by atoms with Gasteiger partial charge in [-0.15, -0.1) is 0 Å². The van der Waals surface area contributed by atoms with Gasteiger partial charge in [0.05, 0.1) is 0 Å². The van der Waals surface area contributed by atoms with Crippen LogP contribution in [0.5, 0.6) is 0 Å². The molecule has 5 heavy (non-hydrogen) atoms. The van der Waals surface area contributed by atoms with Gasteiger partial charge in [0.25, 0.3) is 0 Å². The van der Waals surface area contributed by atoms with Crippen molar-refractivity contribution in [2.75, 3.05) is 0 Å². The third-order valence-electron chi connectivity index (χ3n) is 0.201. The quantitative estimate of drug-likeness (QED) is 0.443. The van der Waals surface area contributed by atoms with Crippen LogP contribution in [0.3, 0.4) is 0 Å². The first-order valence-electron chi connectivity index (χ1n) is 1.29. The number of carbonyl (C=O) groups is 1. The van der Waals surface area contributed by atoms with E-state index in [9.17, 15) is 4.79 Å². The van der Waals surface area contributed by atoms with E-state index in [1.807, 2.05) is 0 Å². The summed E-state index contributed by atoms with van der Waals surface area (Å²) >= 11 is -0.662. The molecule has 0 aliphatic carbocycles. The topological polar surface area (TPSA) is 43.1 Å². The van der Waals surface area contributed by atoms with Gasteiger partial charge < -0.3 is 0 Å². The monoisotopic (exact) mass is 179 g/mol. The summed E-state index contributed by atoms with van der Waals surface area (Å²) in [4.78, 5) is 9.37. The minimum absolute atomic E-state index is 0.656. The first-order chi connectivity index (χ1) is 2.41. The first-order valence-corrected chi connectivity index (χ1v) is 4.95. The zero-order valence-electron chi connectivity index (χ0n) is 2.77. The third-order valence-corrected chi connectivity index (χ3v) is 1.35. The van der Waals surface area contributed by atoms with Crippen LogP contribution in [0.4, 0.5) is 0 Å². The second kappa shape index (κ2) is 4.43. The second-order valence-corrected chi connectivity index (χ2v) is 2.91. The van der Waals surface area contributed by atoms with Gasteiger partial charge in [0.15, 0.2) is 0 Å². The molecule has 2 radical (unpaired) electrons. The van der Waals surface area contributed by atoms with Crippen molar-refractivity contribution in [1.82, 2.24) is 0 Å². The molecule has 0 amide bonds. The summed E-state index contributed by atoms with van der Waals surface area (Å²) in [6, 6.07) is 0. The summed E-state index contributed by atoms with van der Waals surface area (Å²) in [5.41, 5.74) is 0. The van der Waals surface area contributed by atoms with Gasteiger partial charge in [0.1, 0.15) is 0 Å². The van der Waals surface area contributed by atoms with Crippen molar-refractivity contribution in [2.45, 2.75) is 4.44 Å². The van der Waals surface area contributed by atoms with Gasteiger partial charge in [-0.25, -0.2) is 0 Å². The molecule has 0 atom stereocenters. The molecule has 0 heterocycles. The Morgan fingerprint density at radius 1 is 2.00 bits per heavy atom. The number of aldehydes is 1. The number of nitrogens with two attached hydrogens (primary N) is 1. The number of carbonyl (C=O) groups excluding carboxylic acids is 1. The van der Waals surface area contributed by atoms with Gasteiger partial charge in [-0.2, -0.15) is 0 Å². The fraction of sp³-hybridized carbons (Fsp3) is 0.500. The van der Waals surface area contributed by atoms with Crippen LogP contribution in [0.25, 0.3) is 0 Å². The maximum atomic E-state index is 9.37. The first kappa shape index (κ1) is 5.43. The van der Waals surface area contributed by atoms with Crippen molar-refractivity contribution in [3.8, 4) is 0 Å². The molecule has 2 nitrogen and oxygen atoms in total. The molecule has 0 aromatic rings. The minimum atomic E-state index is -0.662. The van der Waals surface area contributed by atoms with Crippen LogP contribution in [-0.2, 0) is 4.79 Å². The Morgan fingerprint density at radius 3 is 2.60 bits per heavy atom. The molecule has 2 N–H and O–H groups in total. The summed E-state index contributed by atoms with van der Waals surface area (Å²) in [5, 5.41) is 0. The van der Waals surface area contributed by atoms with E-state index in [0.717, 1.165) is 6.29 Å². The van der Waals surface area contributed by atoms with Crippen molar-refractivity contribution >= 4 is 27.7 Å². The maximum absolute atomic E-state index is 9.37. The van der Waals surface area contributed by atoms with E-state index >= 15 is 0 Å². The van der Waals surface area contributed by atoms with E-state index in [4.69, 9.17) is 3.96 Å². The molecule has 0 aliphatic rings. The molecule has 0 aromatic carbocycles. The van der Waals surface area contributed by atoms with Crippen molar-refractivity contribution < 1.29 is 4.79 Å². The molecular weight excluding hydrogens is 173 g/mol. The van der Waals surface area contributed by atoms with Crippen molar-refractivity contribution in [1.29, 1.82) is 0 Å². The second-order valence-electron chi connectivity index (χ2n) is 0.575. The predicted molar refractivity (Wildman–Crippen MR) is 20.8 cm³/mol. The van der Waals surface area contributed by atoms with Crippen molar-refractivity contribution in [3.63, 3.8) is 0 Å². The fourth-order valence-corrected chi connectivity index (χ4v) is 0.323. The van der Waals surface area contributed by atoms with Crippen molar-refractivity contribution in [2.24, 2.45) is 3.96 Å². The number of rotatable bonds is 2. The van der Waals surface area contributed by atoms with Crippen molar-refractivity contribution in [3.05, 3.63) is 0 Å². The average molecular weight is 178 g/mol. The Labute approximate surface area is 41.3 Å². The van der Waals surface area contributed by atoms with Crippen LogP contribution in [-0.4, -0.2) is 27.7 Å². The van der Waals surface area contributed by atoms with Gasteiger partial charge >= 0.3 is 40.9 Å².